The highest BCUT2D eigenvalue weighted by molar-refractivity contribution is 14.1. The number of methoxy groups -OCH3 is 1. The summed E-state index contributed by atoms with van der Waals surface area (Å²) in [6.07, 6.45) is 0. The van der Waals surface area contributed by atoms with Gasteiger partial charge in [0, 0.05) is 0 Å². The number of halogens is 3. The Morgan fingerprint density at radius 1 is 1.62 bits per heavy atom. The number of aromatic nitrogens is 1. The van der Waals surface area contributed by atoms with E-state index in [-0.39, 0.29) is 10.8 Å². The van der Waals surface area contributed by atoms with E-state index in [0.717, 1.165) is 0 Å². The molecule has 1 heterocycles. The Kier molecular flexibility index (Phi) is 3.75. The highest BCUT2D eigenvalue weighted by Gasteiger charge is 2.15. The fraction of sp³-hybridized carbons (Fsp3) is 0.143. The molecule has 0 aliphatic rings. The Labute approximate surface area is 98.5 Å². The molecule has 0 aliphatic carbocycles. The molecular weight excluding hydrogens is 328 g/mol. The first-order valence-corrected chi connectivity index (χ1v) is 4.99. The van der Waals surface area contributed by atoms with Gasteiger partial charge in [0.1, 0.15) is 5.15 Å². The number of rotatable bonds is 1. The summed E-state index contributed by atoms with van der Waals surface area (Å²) in [6, 6.07) is 1.47. The molecule has 1 aromatic rings. The van der Waals surface area contributed by atoms with Crippen LogP contribution in [0, 0.1) is 3.57 Å². The first-order chi connectivity index (χ1) is 6.06. The normalized spacial score (nSPS) is 9.85. The average Bonchev–Trinajstić information content (AvgIpc) is 2.10. The smallest absolute Gasteiger partial charge is 0.357 e. The lowest BCUT2D eigenvalue weighted by atomic mass is 10.3. The molecule has 0 atom stereocenters. The molecule has 0 unspecified atom stereocenters. The maximum absolute atomic E-state index is 11.1. The van der Waals surface area contributed by atoms with Crippen LogP contribution in [0.15, 0.2) is 6.07 Å². The Hall–Kier alpha value is -0.0700. The number of ether oxygens (including phenoxy) is 1. The molecule has 1 aromatic heterocycles. The van der Waals surface area contributed by atoms with Gasteiger partial charge in [0.05, 0.1) is 15.7 Å². The Morgan fingerprint density at radius 2 is 2.23 bits per heavy atom. The summed E-state index contributed by atoms with van der Waals surface area (Å²) in [5, 5.41) is 0.562. The van der Waals surface area contributed by atoms with E-state index in [0.29, 0.717) is 8.59 Å². The molecule has 0 bridgehead atoms. The summed E-state index contributed by atoms with van der Waals surface area (Å²) in [6.45, 7) is 0. The van der Waals surface area contributed by atoms with E-state index in [4.69, 9.17) is 23.2 Å². The average molecular weight is 332 g/mol. The summed E-state index contributed by atoms with van der Waals surface area (Å²) in [5.41, 5.74) is 0.139. The van der Waals surface area contributed by atoms with Crippen LogP contribution in [0.4, 0.5) is 0 Å². The van der Waals surface area contributed by atoms with Crippen molar-refractivity contribution in [1.29, 1.82) is 0 Å². The molecule has 70 valence electrons. The van der Waals surface area contributed by atoms with Crippen LogP contribution in [0.1, 0.15) is 10.5 Å². The van der Waals surface area contributed by atoms with E-state index >= 15 is 0 Å². The zero-order valence-electron chi connectivity index (χ0n) is 6.47. The van der Waals surface area contributed by atoms with Crippen molar-refractivity contribution in [3.63, 3.8) is 0 Å². The standard InChI is InChI=1S/C7H4Cl2INO2/c1-13-7(12)6-5(10)3(8)2-4(9)11-6/h2H,1H3. The predicted octanol–water partition coefficient (Wildman–Crippen LogP) is 2.78. The molecule has 13 heavy (non-hydrogen) atoms. The van der Waals surface area contributed by atoms with Crippen molar-refractivity contribution in [3.8, 4) is 0 Å². The molecule has 0 fully saturated rings. The molecule has 3 nitrogen and oxygen atoms in total. The quantitative estimate of drug-likeness (QED) is 0.451. The third-order valence-electron chi connectivity index (χ3n) is 1.26. The molecule has 0 spiro atoms. The number of carbonyl (C=O) groups excluding carboxylic acids is 1. The van der Waals surface area contributed by atoms with Crippen LogP contribution < -0.4 is 0 Å². The number of hydrogen-bond donors (Lipinski definition) is 0. The molecule has 6 heteroatoms. The van der Waals surface area contributed by atoms with Crippen molar-refractivity contribution in [2.24, 2.45) is 0 Å². The van der Waals surface area contributed by atoms with E-state index in [1.165, 1.54) is 13.2 Å². The summed E-state index contributed by atoms with van der Waals surface area (Å²) < 4.78 is 5.04. The minimum atomic E-state index is -0.547. The fourth-order valence-electron chi connectivity index (χ4n) is 0.701. The van der Waals surface area contributed by atoms with Gasteiger partial charge in [-0.2, -0.15) is 0 Å². The molecule has 0 saturated heterocycles. The summed E-state index contributed by atoms with van der Waals surface area (Å²) in [7, 11) is 1.27. The van der Waals surface area contributed by atoms with Crippen LogP contribution in [0.5, 0.6) is 0 Å². The van der Waals surface area contributed by atoms with E-state index in [1.54, 1.807) is 0 Å². The molecule has 0 N–H and O–H groups in total. The van der Waals surface area contributed by atoms with E-state index in [2.05, 4.69) is 9.72 Å². The highest BCUT2D eigenvalue weighted by atomic mass is 127. The van der Waals surface area contributed by atoms with Gasteiger partial charge in [-0.1, -0.05) is 23.2 Å². The second-order valence-corrected chi connectivity index (χ2v) is 3.95. The molecular formula is C7H4Cl2INO2. The highest BCUT2D eigenvalue weighted by Crippen LogP contribution is 2.24. The van der Waals surface area contributed by atoms with E-state index in [9.17, 15) is 4.79 Å². The summed E-state index contributed by atoms with van der Waals surface area (Å²) >= 11 is 13.3. The van der Waals surface area contributed by atoms with Gasteiger partial charge in [-0.3, -0.25) is 0 Å². The van der Waals surface area contributed by atoms with Crippen LogP contribution in [-0.4, -0.2) is 18.1 Å². The van der Waals surface area contributed by atoms with Crippen molar-refractivity contribution in [2.75, 3.05) is 7.11 Å². The number of carbonyl (C=O) groups is 1. The Bertz CT molecular complexity index is 357. The van der Waals surface area contributed by atoms with Gasteiger partial charge < -0.3 is 4.74 Å². The van der Waals surface area contributed by atoms with Crippen LogP contribution in [0.3, 0.4) is 0 Å². The Morgan fingerprint density at radius 3 is 2.77 bits per heavy atom. The monoisotopic (exact) mass is 331 g/mol. The first kappa shape index (κ1) is 11.0. The fourth-order valence-corrected chi connectivity index (χ4v) is 1.64. The summed E-state index contributed by atoms with van der Waals surface area (Å²) in [5.74, 6) is -0.547. The van der Waals surface area contributed by atoms with Crippen LogP contribution in [0.2, 0.25) is 10.2 Å². The lowest BCUT2D eigenvalue weighted by molar-refractivity contribution is 0.0592. The first-order valence-electron chi connectivity index (χ1n) is 3.16. The molecule has 0 aromatic carbocycles. The largest absolute Gasteiger partial charge is 0.464 e. The topological polar surface area (TPSA) is 39.2 Å². The van der Waals surface area contributed by atoms with Crippen LogP contribution >= 0.6 is 45.8 Å². The third-order valence-corrected chi connectivity index (χ3v) is 3.16. The SMILES string of the molecule is COC(=O)c1nc(Cl)cc(Cl)c1I. The van der Waals surface area contributed by atoms with Crippen LogP contribution in [0.25, 0.3) is 0 Å². The van der Waals surface area contributed by atoms with Gasteiger partial charge >= 0.3 is 5.97 Å². The van der Waals surface area contributed by atoms with Crippen molar-refractivity contribution < 1.29 is 9.53 Å². The summed E-state index contributed by atoms with van der Waals surface area (Å²) in [4.78, 5) is 14.9. The van der Waals surface area contributed by atoms with Crippen molar-refractivity contribution in [1.82, 2.24) is 4.98 Å². The van der Waals surface area contributed by atoms with Gasteiger partial charge in [-0.15, -0.1) is 0 Å². The second-order valence-electron chi connectivity index (χ2n) is 2.08. The maximum Gasteiger partial charge on any atom is 0.357 e. The molecule has 0 radical (unpaired) electrons. The van der Waals surface area contributed by atoms with Crippen LogP contribution in [-0.2, 0) is 4.74 Å². The van der Waals surface area contributed by atoms with Crippen molar-refractivity contribution in [3.05, 3.63) is 25.5 Å². The molecule has 0 amide bonds. The second kappa shape index (κ2) is 4.43. The zero-order valence-corrected chi connectivity index (χ0v) is 10.1. The van der Waals surface area contributed by atoms with Gasteiger partial charge in [-0.25, -0.2) is 9.78 Å². The number of esters is 1. The number of pyridine rings is 1. The number of nitrogens with zero attached hydrogens (tertiary/aromatic N) is 1. The van der Waals surface area contributed by atoms with Gasteiger partial charge in [0.15, 0.2) is 5.69 Å². The van der Waals surface area contributed by atoms with Crippen molar-refractivity contribution in [2.45, 2.75) is 0 Å². The maximum atomic E-state index is 11.1. The predicted molar refractivity (Wildman–Crippen MR) is 58.3 cm³/mol. The van der Waals surface area contributed by atoms with Gasteiger partial charge in [0.2, 0.25) is 0 Å². The zero-order chi connectivity index (χ0) is 10.0. The van der Waals surface area contributed by atoms with Gasteiger partial charge in [-0.05, 0) is 28.7 Å². The molecule has 1 rings (SSSR count). The lowest BCUT2D eigenvalue weighted by Gasteiger charge is -2.03. The van der Waals surface area contributed by atoms with E-state index < -0.39 is 5.97 Å². The van der Waals surface area contributed by atoms with Gasteiger partial charge in [0.25, 0.3) is 0 Å². The minimum absolute atomic E-state index is 0.139. The number of hydrogen-bond acceptors (Lipinski definition) is 3. The third kappa shape index (κ3) is 2.45. The van der Waals surface area contributed by atoms with Crippen molar-refractivity contribution >= 4 is 51.8 Å². The Balaban J connectivity index is 3.28. The molecule has 0 aliphatic heterocycles. The molecule has 0 saturated carbocycles. The minimum Gasteiger partial charge on any atom is -0.464 e. The van der Waals surface area contributed by atoms with E-state index in [1.807, 2.05) is 22.6 Å². The lowest BCUT2D eigenvalue weighted by Crippen LogP contribution is -2.07.